The molecule has 1 amide bonds. The maximum absolute atomic E-state index is 12.2. The molecule has 0 radical (unpaired) electrons. The van der Waals surface area contributed by atoms with Crippen LogP contribution in [-0.4, -0.2) is 43.1 Å². The van der Waals surface area contributed by atoms with Crippen LogP contribution in [0.1, 0.15) is 44.7 Å². The van der Waals surface area contributed by atoms with Crippen molar-refractivity contribution in [3.63, 3.8) is 0 Å². The minimum Gasteiger partial charge on any atom is -0.481 e. The van der Waals surface area contributed by atoms with Crippen LogP contribution in [-0.2, 0) is 4.79 Å². The van der Waals surface area contributed by atoms with Gasteiger partial charge in [-0.25, -0.2) is 0 Å². The lowest BCUT2D eigenvalue weighted by atomic mass is 9.92. The molecule has 0 bridgehead atoms. The van der Waals surface area contributed by atoms with Crippen molar-refractivity contribution in [1.82, 2.24) is 10.2 Å². The molecule has 1 aliphatic rings. The highest BCUT2D eigenvalue weighted by Gasteiger charge is 2.21. The van der Waals surface area contributed by atoms with Crippen LogP contribution in [0.3, 0.4) is 0 Å². The molecule has 0 aliphatic carbocycles. The zero-order valence-electron chi connectivity index (χ0n) is 16.5. The summed E-state index contributed by atoms with van der Waals surface area (Å²) >= 11 is 0. The summed E-state index contributed by atoms with van der Waals surface area (Å²) in [4.78, 5) is 14.8. The fraction of sp³-hybridized carbons (Fsp3) is 0.667. The smallest absolute Gasteiger partial charge is 0.260 e. The lowest BCUT2D eigenvalue weighted by Crippen LogP contribution is -2.41. The van der Waals surface area contributed by atoms with Crippen molar-refractivity contribution in [2.75, 3.05) is 26.2 Å². The van der Waals surface area contributed by atoms with E-state index in [-0.39, 0.29) is 5.91 Å². The third kappa shape index (κ3) is 6.03. The van der Waals surface area contributed by atoms with Crippen molar-refractivity contribution < 1.29 is 9.53 Å². The number of likely N-dealkylation sites (tertiary alicyclic amines) is 1. The van der Waals surface area contributed by atoms with Crippen LogP contribution in [0.4, 0.5) is 0 Å². The average Bonchev–Trinajstić information content (AvgIpc) is 2.54. The Morgan fingerprint density at radius 1 is 1.28 bits per heavy atom. The second kappa shape index (κ2) is 9.23. The van der Waals surface area contributed by atoms with Crippen molar-refractivity contribution in [3.05, 3.63) is 29.3 Å². The van der Waals surface area contributed by atoms with Crippen molar-refractivity contribution >= 4 is 5.91 Å². The van der Waals surface area contributed by atoms with E-state index in [0.29, 0.717) is 6.54 Å². The van der Waals surface area contributed by atoms with Crippen LogP contribution in [0.25, 0.3) is 0 Å². The molecule has 1 aromatic rings. The molecule has 0 unspecified atom stereocenters. The van der Waals surface area contributed by atoms with Gasteiger partial charge in [-0.1, -0.05) is 26.0 Å². The largest absolute Gasteiger partial charge is 0.481 e. The van der Waals surface area contributed by atoms with Gasteiger partial charge in [0, 0.05) is 19.6 Å². The van der Waals surface area contributed by atoms with E-state index < -0.39 is 6.10 Å². The number of nitrogens with zero attached hydrogens (tertiary/aromatic N) is 1. The highest BCUT2D eigenvalue weighted by atomic mass is 16.5. The molecular formula is C21H34N2O2. The van der Waals surface area contributed by atoms with E-state index in [2.05, 4.69) is 37.1 Å². The zero-order chi connectivity index (χ0) is 18.4. The van der Waals surface area contributed by atoms with Gasteiger partial charge in [0.2, 0.25) is 0 Å². The Balaban J connectivity index is 1.70. The predicted molar refractivity (Wildman–Crippen MR) is 103 cm³/mol. The first-order valence-electron chi connectivity index (χ1n) is 9.59. The third-order valence-corrected chi connectivity index (χ3v) is 5.12. The molecule has 0 spiro atoms. The SMILES string of the molecule is Cc1cccc(O[C@H](C)C(=O)NCCCN2C[C@@H](C)C[C@H](C)C2)c1C. The van der Waals surface area contributed by atoms with Gasteiger partial charge in [-0.2, -0.15) is 0 Å². The first-order valence-corrected chi connectivity index (χ1v) is 9.59. The van der Waals surface area contributed by atoms with E-state index in [4.69, 9.17) is 4.74 Å². The number of rotatable bonds is 7. The van der Waals surface area contributed by atoms with E-state index in [0.717, 1.165) is 36.1 Å². The molecule has 3 atom stereocenters. The summed E-state index contributed by atoms with van der Waals surface area (Å²) in [6, 6.07) is 5.93. The van der Waals surface area contributed by atoms with Gasteiger partial charge in [-0.05, 0) is 69.2 Å². The van der Waals surface area contributed by atoms with E-state index >= 15 is 0 Å². The minimum atomic E-state index is -0.476. The molecular weight excluding hydrogens is 312 g/mol. The van der Waals surface area contributed by atoms with Crippen LogP contribution in [0.15, 0.2) is 18.2 Å². The molecule has 25 heavy (non-hydrogen) atoms. The van der Waals surface area contributed by atoms with Gasteiger partial charge < -0.3 is 15.0 Å². The summed E-state index contributed by atoms with van der Waals surface area (Å²) in [5.74, 6) is 2.31. The predicted octanol–water partition coefficient (Wildman–Crippen LogP) is 3.55. The Morgan fingerprint density at radius 2 is 1.96 bits per heavy atom. The quantitative estimate of drug-likeness (QED) is 0.768. The lowest BCUT2D eigenvalue weighted by molar-refractivity contribution is -0.127. The Bertz CT molecular complexity index is 563. The van der Waals surface area contributed by atoms with Crippen LogP contribution >= 0.6 is 0 Å². The van der Waals surface area contributed by atoms with Crippen molar-refractivity contribution in [1.29, 1.82) is 0 Å². The van der Waals surface area contributed by atoms with Crippen molar-refractivity contribution in [3.8, 4) is 5.75 Å². The fourth-order valence-electron chi connectivity index (χ4n) is 3.73. The van der Waals surface area contributed by atoms with Gasteiger partial charge in [-0.3, -0.25) is 4.79 Å². The van der Waals surface area contributed by atoms with Gasteiger partial charge in [0.1, 0.15) is 5.75 Å². The van der Waals surface area contributed by atoms with Crippen LogP contribution < -0.4 is 10.1 Å². The average molecular weight is 347 g/mol. The number of piperidine rings is 1. The van der Waals surface area contributed by atoms with Gasteiger partial charge in [0.15, 0.2) is 6.10 Å². The molecule has 1 N–H and O–H groups in total. The maximum atomic E-state index is 12.2. The first-order chi connectivity index (χ1) is 11.9. The summed E-state index contributed by atoms with van der Waals surface area (Å²) < 4.78 is 5.84. The number of hydrogen-bond donors (Lipinski definition) is 1. The highest BCUT2D eigenvalue weighted by molar-refractivity contribution is 5.80. The van der Waals surface area contributed by atoms with Crippen LogP contribution in [0, 0.1) is 25.7 Å². The van der Waals surface area contributed by atoms with Crippen molar-refractivity contribution in [2.24, 2.45) is 11.8 Å². The zero-order valence-corrected chi connectivity index (χ0v) is 16.5. The third-order valence-electron chi connectivity index (χ3n) is 5.12. The van der Waals surface area contributed by atoms with Crippen LogP contribution in [0.2, 0.25) is 0 Å². The van der Waals surface area contributed by atoms with Crippen LogP contribution in [0.5, 0.6) is 5.75 Å². The number of ether oxygens (including phenoxy) is 1. The molecule has 1 aliphatic heterocycles. The Labute approximate surface area is 152 Å². The number of benzene rings is 1. The molecule has 1 heterocycles. The Morgan fingerprint density at radius 3 is 2.64 bits per heavy atom. The number of hydrogen-bond acceptors (Lipinski definition) is 3. The summed E-state index contributed by atoms with van der Waals surface area (Å²) in [7, 11) is 0. The minimum absolute atomic E-state index is 0.0405. The molecule has 0 aromatic heterocycles. The molecule has 1 fully saturated rings. The van der Waals surface area contributed by atoms with Gasteiger partial charge >= 0.3 is 0 Å². The van der Waals surface area contributed by atoms with E-state index in [1.54, 1.807) is 0 Å². The van der Waals surface area contributed by atoms with E-state index in [9.17, 15) is 4.79 Å². The number of carbonyl (C=O) groups excluding carboxylic acids is 1. The number of nitrogens with one attached hydrogen (secondary N) is 1. The summed E-state index contributed by atoms with van der Waals surface area (Å²) in [6.07, 6.45) is 1.84. The molecule has 0 saturated carbocycles. The van der Waals surface area contributed by atoms with E-state index in [1.807, 2.05) is 26.0 Å². The standard InChI is InChI=1S/C21H34N2O2/c1-15-12-16(2)14-23(13-15)11-7-10-22-21(24)19(5)25-20-9-6-8-17(3)18(20)4/h6,8-9,15-16,19H,7,10-14H2,1-5H3,(H,22,24)/t15-,16-,19+/m0/s1. The van der Waals surface area contributed by atoms with Gasteiger partial charge in [0.25, 0.3) is 5.91 Å². The lowest BCUT2D eigenvalue weighted by Gasteiger charge is -2.34. The molecule has 2 rings (SSSR count). The molecule has 1 aromatic carbocycles. The molecule has 1 saturated heterocycles. The number of aryl methyl sites for hydroxylation is 1. The molecule has 4 heteroatoms. The summed E-state index contributed by atoms with van der Waals surface area (Å²) in [6.45, 7) is 14.7. The summed E-state index contributed by atoms with van der Waals surface area (Å²) in [5, 5.41) is 3.01. The first kappa shape index (κ1) is 19.8. The summed E-state index contributed by atoms with van der Waals surface area (Å²) in [5.41, 5.74) is 2.27. The normalized spacial score (nSPS) is 22.4. The molecule has 140 valence electrons. The Kier molecular flexibility index (Phi) is 7.30. The van der Waals surface area contributed by atoms with E-state index in [1.165, 1.54) is 25.1 Å². The number of carbonyl (C=O) groups is 1. The molecule has 4 nitrogen and oxygen atoms in total. The maximum Gasteiger partial charge on any atom is 0.260 e. The van der Waals surface area contributed by atoms with Gasteiger partial charge in [-0.15, -0.1) is 0 Å². The van der Waals surface area contributed by atoms with Gasteiger partial charge in [0.05, 0.1) is 0 Å². The second-order valence-electron chi connectivity index (χ2n) is 7.81. The second-order valence-corrected chi connectivity index (χ2v) is 7.81. The fourth-order valence-corrected chi connectivity index (χ4v) is 3.73. The highest BCUT2D eigenvalue weighted by Crippen LogP contribution is 2.22. The monoisotopic (exact) mass is 346 g/mol. The van der Waals surface area contributed by atoms with Crippen molar-refractivity contribution in [2.45, 2.75) is 53.6 Å². The Hall–Kier alpha value is -1.55. The topological polar surface area (TPSA) is 41.6 Å². The number of amides is 1.